The first-order valence-corrected chi connectivity index (χ1v) is 7.76. The van der Waals surface area contributed by atoms with Crippen molar-refractivity contribution in [2.75, 3.05) is 32.7 Å². The van der Waals surface area contributed by atoms with Crippen molar-refractivity contribution < 1.29 is 18.0 Å². The number of alkyl halides is 3. The number of carbonyl (C=O) groups excluding carboxylic acids is 1. The molecule has 136 valence electrons. The van der Waals surface area contributed by atoms with Crippen molar-refractivity contribution >= 4 is 29.9 Å². The average molecular weight is 386 g/mol. The molecule has 1 aromatic carbocycles. The van der Waals surface area contributed by atoms with Crippen LogP contribution in [0.25, 0.3) is 0 Å². The molecule has 0 saturated carbocycles. The van der Waals surface area contributed by atoms with Crippen molar-refractivity contribution in [3.63, 3.8) is 0 Å². The van der Waals surface area contributed by atoms with E-state index in [9.17, 15) is 18.0 Å². The average Bonchev–Trinajstić information content (AvgIpc) is 2.49. The number of nitrogens with zero attached hydrogens (tertiary/aromatic N) is 1. The number of piperazine rings is 1. The predicted molar refractivity (Wildman–Crippen MR) is 89.7 cm³/mol. The summed E-state index contributed by atoms with van der Waals surface area (Å²) < 4.78 is 39.6. The van der Waals surface area contributed by atoms with Crippen LogP contribution in [0.2, 0.25) is 5.02 Å². The van der Waals surface area contributed by atoms with Gasteiger partial charge in [0.05, 0.1) is 6.42 Å². The number of rotatable bonds is 5. The standard InChI is InChI=1S/C15H19ClF3N3O.ClH/c16-12-3-1-11(2-4-12)9-14(23)21-10-13(15(17,18)19)22-7-5-20-6-8-22;/h1-4,13,20H,5-10H2,(H,21,23);1H. The number of halogens is 5. The van der Waals surface area contributed by atoms with Gasteiger partial charge in [0.2, 0.25) is 5.91 Å². The van der Waals surface area contributed by atoms with Crippen molar-refractivity contribution in [3.05, 3.63) is 34.9 Å². The van der Waals surface area contributed by atoms with Gasteiger partial charge in [-0.15, -0.1) is 12.4 Å². The highest BCUT2D eigenvalue weighted by Crippen LogP contribution is 2.24. The second-order valence-electron chi connectivity index (χ2n) is 5.45. The monoisotopic (exact) mass is 385 g/mol. The molecule has 0 bridgehead atoms. The second kappa shape index (κ2) is 9.46. The Balaban J connectivity index is 0.00000288. The van der Waals surface area contributed by atoms with Crippen molar-refractivity contribution in [2.45, 2.75) is 18.6 Å². The molecule has 0 aromatic heterocycles. The van der Waals surface area contributed by atoms with Gasteiger partial charge >= 0.3 is 6.18 Å². The fraction of sp³-hybridized carbons (Fsp3) is 0.533. The van der Waals surface area contributed by atoms with Crippen molar-refractivity contribution in [2.24, 2.45) is 0 Å². The Morgan fingerprint density at radius 2 is 1.83 bits per heavy atom. The molecule has 1 atom stereocenters. The molecule has 1 saturated heterocycles. The minimum atomic E-state index is -4.37. The second-order valence-corrected chi connectivity index (χ2v) is 5.89. The van der Waals surface area contributed by atoms with E-state index in [2.05, 4.69) is 10.6 Å². The summed E-state index contributed by atoms with van der Waals surface area (Å²) in [4.78, 5) is 13.2. The zero-order valence-electron chi connectivity index (χ0n) is 12.9. The Kier molecular flexibility index (Phi) is 8.29. The topological polar surface area (TPSA) is 44.4 Å². The van der Waals surface area contributed by atoms with Gasteiger partial charge in [0, 0.05) is 37.7 Å². The SMILES string of the molecule is Cl.O=C(Cc1ccc(Cl)cc1)NCC(N1CCNCC1)C(F)(F)F. The smallest absolute Gasteiger partial charge is 0.354 e. The number of nitrogens with one attached hydrogen (secondary N) is 2. The van der Waals surface area contributed by atoms with E-state index in [0.29, 0.717) is 36.8 Å². The molecular weight excluding hydrogens is 366 g/mol. The van der Waals surface area contributed by atoms with Gasteiger partial charge in [0.15, 0.2) is 0 Å². The van der Waals surface area contributed by atoms with Crippen LogP contribution in [0.5, 0.6) is 0 Å². The molecule has 2 N–H and O–H groups in total. The van der Waals surface area contributed by atoms with Crippen molar-refractivity contribution in [1.29, 1.82) is 0 Å². The van der Waals surface area contributed by atoms with Crippen LogP contribution in [0.3, 0.4) is 0 Å². The largest absolute Gasteiger partial charge is 0.405 e. The quantitative estimate of drug-likeness (QED) is 0.816. The molecule has 9 heteroatoms. The number of hydrogen-bond acceptors (Lipinski definition) is 3. The first-order chi connectivity index (χ1) is 10.9. The third-order valence-electron chi connectivity index (χ3n) is 3.74. The van der Waals surface area contributed by atoms with Gasteiger partial charge in [-0.1, -0.05) is 23.7 Å². The third kappa shape index (κ3) is 6.47. The molecule has 1 amide bonds. The highest BCUT2D eigenvalue weighted by Gasteiger charge is 2.43. The number of benzene rings is 1. The Bertz CT molecular complexity index is 520. The minimum absolute atomic E-state index is 0. The van der Waals surface area contributed by atoms with Crippen LogP contribution in [0.4, 0.5) is 13.2 Å². The maximum Gasteiger partial charge on any atom is 0.405 e. The van der Waals surface area contributed by atoms with E-state index < -0.39 is 24.7 Å². The molecule has 24 heavy (non-hydrogen) atoms. The van der Waals surface area contributed by atoms with E-state index in [0.717, 1.165) is 0 Å². The van der Waals surface area contributed by atoms with E-state index in [4.69, 9.17) is 11.6 Å². The summed E-state index contributed by atoms with van der Waals surface area (Å²) in [7, 11) is 0. The van der Waals surface area contributed by atoms with Gasteiger partial charge in [-0.3, -0.25) is 9.69 Å². The van der Waals surface area contributed by atoms with Gasteiger partial charge in [0.25, 0.3) is 0 Å². The first-order valence-electron chi connectivity index (χ1n) is 7.39. The molecule has 1 heterocycles. The van der Waals surface area contributed by atoms with Gasteiger partial charge in [0.1, 0.15) is 6.04 Å². The molecule has 1 aliphatic rings. The lowest BCUT2D eigenvalue weighted by molar-refractivity contribution is -0.184. The van der Waals surface area contributed by atoms with E-state index in [1.165, 1.54) is 4.90 Å². The molecule has 0 radical (unpaired) electrons. The lowest BCUT2D eigenvalue weighted by Crippen LogP contribution is -2.57. The van der Waals surface area contributed by atoms with Gasteiger partial charge < -0.3 is 10.6 Å². The predicted octanol–water partition coefficient (Wildman–Crippen LogP) is 2.26. The number of hydrogen-bond donors (Lipinski definition) is 2. The summed E-state index contributed by atoms with van der Waals surface area (Å²) in [6, 6.07) is 4.99. The molecule has 1 aromatic rings. The van der Waals surface area contributed by atoms with Crippen molar-refractivity contribution in [3.8, 4) is 0 Å². The lowest BCUT2D eigenvalue weighted by Gasteiger charge is -2.35. The van der Waals surface area contributed by atoms with E-state index in [1.807, 2.05) is 0 Å². The van der Waals surface area contributed by atoms with Crippen LogP contribution in [-0.4, -0.2) is 55.7 Å². The van der Waals surface area contributed by atoms with Gasteiger partial charge in [-0.25, -0.2) is 0 Å². The first kappa shape index (κ1) is 21.0. The molecule has 1 aliphatic heterocycles. The third-order valence-corrected chi connectivity index (χ3v) is 3.99. The molecule has 1 fully saturated rings. The maximum absolute atomic E-state index is 13.2. The van der Waals surface area contributed by atoms with Crippen LogP contribution < -0.4 is 10.6 Å². The summed E-state index contributed by atoms with van der Waals surface area (Å²) >= 11 is 5.75. The van der Waals surface area contributed by atoms with Crippen LogP contribution in [0.1, 0.15) is 5.56 Å². The fourth-order valence-corrected chi connectivity index (χ4v) is 2.63. The Morgan fingerprint density at radius 3 is 2.38 bits per heavy atom. The zero-order valence-corrected chi connectivity index (χ0v) is 14.5. The molecular formula is C15H20Cl2F3N3O. The summed E-state index contributed by atoms with van der Waals surface area (Å²) in [5.74, 6) is -0.434. The Morgan fingerprint density at radius 1 is 1.25 bits per heavy atom. The molecule has 4 nitrogen and oxygen atoms in total. The van der Waals surface area contributed by atoms with E-state index in [-0.39, 0.29) is 18.8 Å². The highest BCUT2D eigenvalue weighted by atomic mass is 35.5. The van der Waals surface area contributed by atoms with Gasteiger partial charge in [-0.05, 0) is 17.7 Å². The van der Waals surface area contributed by atoms with Crippen LogP contribution >= 0.6 is 24.0 Å². The highest BCUT2D eigenvalue weighted by molar-refractivity contribution is 6.30. The number of amides is 1. The lowest BCUT2D eigenvalue weighted by atomic mass is 10.1. The van der Waals surface area contributed by atoms with Gasteiger partial charge in [-0.2, -0.15) is 13.2 Å². The normalized spacial score (nSPS) is 17.0. The Labute approximate surface area is 150 Å². The molecule has 1 unspecified atom stereocenters. The van der Waals surface area contributed by atoms with Crippen LogP contribution in [-0.2, 0) is 11.2 Å². The zero-order chi connectivity index (χ0) is 16.9. The van der Waals surface area contributed by atoms with Crippen LogP contribution in [0, 0.1) is 0 Å². The van der Waals surface area contributed by atoms with Crippen molar-refractivity contribution in [1.82, 2.24) is 15.5 Å². The fourth-order valence-electron chi connectivity index (χ4n) is 2.51. The summed E-state index contributed by atoms with van der Waals surface area (Å²) in [6.07, 6.45) is -4.34. The minimum Gasteiger partial charge on any atom is -0.354 e. The van der Waals surface area contributed by atoms with E-state index in [1.54, 1.807) is 24.3 Å². The maximum atomic E-state index is 13.2. The molecule has 2 rings (SSSR count). The summed E-state index contributed by atoms with van der Waals surface area (Å²) in [5, 5.41) is 5.96. The Hall–Kier alpha value is -1.02. The van der Waals surface area contributed by atoms with E-state index >= 15 is 0 Å². The van der Waals surface area contributed by atoms with Crippen LogP contribution in [0.15, 0.2) is 24.3 Å². The molecule has 0 aliphatic carbocycles. The number of carbonyl (C=O) groups is 1. The summed E-state index contributed by atoms with van der Waals surface area (Å²) in [6.45, 7) is 1.24. The summed E-state index contributed by atoms with van der Waals surface area (Å²) in [5.41, 5.74) is 0.706. The molecule has 0 spiro atoms.